The summed E-state index contributed by atoms with van der Waals surface area (Å²) in [5.74, 6) is 0.253. The summed E-state index contributed by atoms with van der Waals surface area (Å²) in [4.78, 5) is 10.4. The monoisotopic (exact) mass is 194 g/mol. The Labute approximate surface area is 86.0 Å². The van der Waals surface area contributed by atoms with Gasteiger partial charge in [0.05, 0.1) is 6.26 Å². The van der Waals surface area contributed by atoms with Gasteiger partial charge < -0.3 is 4.74 Å². The Balaban J connectivity index is 4.00. The maximum absolute atomic E-state index is 10.4. The molecule has 0 saturated carbocycles. The molecule has 0 atom stereocenters. The number of esters is 1. The zero-order chi connectivity index (χ0) is 11.0. The van der Waals surface area contributed by atoms with Gasteiger partial charge in [0.25, 0.3) is 0 Å². The Kier molecular flexibility index (Phi) is 6.46. The lowest BCUT2D eigenvalue weighted by molar-refractivity contribution is -0.135. The van der Waals surface area contributed by atoms with Crippen molar-refractivity contribution < 1.29 is 9.53 Å². The van der Waals surface area contributed by atoms with Gasteiger partial charge in [-0.15, -0.1) is 0 Å². The van der Waals surface area contributed by atoms with Crippen LogP contribution in [0.3, 0.4) is 0 Å². The van der Waals surface area contributed by atoms with Crippen molar-refractivity contribution in [3.8, 4) is 0 Å². The highest BCUT2D eigenvalue weighted by atomic mass is 16.5. The summed E-state index contributed by atoms with van der Waals surface area (Å²) in [5, 5.41) is 0. The van der Waals surface area contributed by atoms with Gasteiger partial charge in [-0.05, 0) is 24.5 Å². The van der Waals surface area contributed by atoms with E-state index in [0.29, 0.717) is 5.92 Å². The summed E-state index contributed by atoms with van der Waals surface area (Å²) in [5.41, 5.74) is 1.04. The number of rotatable bonds is 4. The van der Waals surface area contributed by atoms with Gasteiger partial charge in [0.15, 0.2) is 0 Å². The lowest BCUT2D eigenvalue weighted by Crippen LogP contribution is -1.89. The minimum absolute atomic E-state index is 0.299. The SMILES string of the molecule is CC(=O)OC=CC(C)=CC=CC(C)C. The van der Waals surface area contributed by atoms with Crippen LogP contribution < -0.4 is 0 Å². The Morgan fingerprint density at radius 1 is 1.29 bits per heavy atom. The van der Waals surface area contributed by atoms with Gasteiger partial charge in [-0.1, -0.05) is 32.1 Å². The number of carbonyl (C=O) groups excluding carboxylic acids is 1. The summed E-state index contributed by atoms with van der Waals surface area (Å²) in [6, 6.07) is 0. The van der Waals surface area contributed by atoms with Crippen LogP contribution in [-0.2, 0) is 9.53 Å². The summed E-state index contributed by atoms with van der Waals surface area (Å²) in [6.45, 7) is 7.56. The highest BCUT2D eigenvalue weighted by molar-refractivity contribution is 5.66. The molecular formula is C12H18O2. The van der Waals surface area contributed by atoms with Crippen molar-refractivity contribution >= 4 is 5.97 Å². The molecule has 0 aliphatic heterocycles. The number of hydrogen-bond donors (Lipinski definition) is 0. The van der Waals surface area contributed by atoms with Crippen LogP contribution in [0.2, 0.25) is 0 Å². The van der Waals surface area contributed by atoms with Crippen LogP contribution >= 0.6 is 0 Å². The smallest absolute Gasteiger partial charge is 0.307 e. The molecule has 14 heavy (non-hydrogen) atoms. The van der Waals surface area contributed by atoms with E-state index >= 15 is 0 Å². The molecule has 0 aromatic carbocycles. The van der Waals surface area contributed by atoms with E-state index in [-0.39, 0.29) is 5.97 Å². The first-order valence-electron chi connectivity index (χ1n) is 4.71. The van der Waals surface area contributed by atoms with Crippen LogP contribution in [0, 0.1) is 5.92 Å². The molecule has 0 heterocycles. The molecule has 2 heteroatoms. The van der Waals surface area contributed by atoms with E-state index in [9.17, 15) is 4.79 Å². The molecule has 0 aliphatic rings. The first-order valence-corrected chi connectivity index (χ1v) is 4.71. The molecule has 78 valence electrons. The van der Waals surface area contributed by atoms with Crippen LogP contribution in [0.4, 0.5) is 0 Å². The van der Waals surface area contributed by atoms with E-state index in [2.05, 4.69) is 24.7 Å². The van der Waals surface area contributed by atoms with Gasteiger partial charge in [0.1, 0.15) is 0 Å². The molecule has 0 aromatic rings. The van der Waals surface area contributed by atoms with Gasteiger partial charge >= 0.3 is 5.97 Å². The standard InChI is InChI=1S/C12H18O2/c1-10(2)6-5-7-11(3)8-9-14-12(4)13/h5-10H,1-4H3. The maximum atomic E-state index is 10.4. The molecule has 2 nitrogen and oxygen atoms in total. The summed E-state index contributed by atoms with van der Waals surface area (Å²) in [6.07, 6.45) is 9.23. The molecule has 0 saturated heterocycles. The van der Waals surface area contributed by atoms with Crippen LogP contribution in [-0.4, -0.2) is 5.97 Å². The van der Waals surface area contributed by atoms with Crippen molar-refractivity contribution in [2.45, 2.75) is 27.7 Å². The van der Waals surface area contributed by atoms with E-state index in [1.807, 2.05) is 19.1 Å². The normalized spacial score (nSPS) is 13.1. The number of ether oxygens (including phenoxy) is 1. The van der Waals surface area contributed by atoms with Gasteiger partial charge in [-0.2, -0.15) is 0 Å². The largest absolute Gasteiger partial charge is 0.435 e. The fraction of sp³-hybridized carbons (Fsp3) is 0.417. The van der Waals surface area contributed by atoms with Gasteiger partial charge in [0, 0.05) is 6.92 Å². The summed E-state index contributed by atoms with van der Waals surface area (Å²) < 4.78 is 4.66. The van der Waals surface area contributed by atoms with E-state index in [4.69, 9.17) is 0 Å². The minimum atomic E-state index is -0.299. The quantitative estimate of drug-likeness (QED) is 0.390. The van der Waals surface area contributed by atoms with Gasteiger partial charge in [-0.3, -0.25) is 4.79 Å². The predicted molar refractivity (Wildman–Crippen MR) is 58.6 cm³/mol. The minimum Gasteiger partial charge on any atom is -0.435 e. The van der Waals surface area contributed by atoms with Crippen LogP contribution in [0.15, 0.2) is 36.1 Å². The average Bonchev–Trinajstić information content (AvgIpc) is 2.02. The van der Waals surface area contributed by atoms with E-state index < -0.39 is 0 Å². The fourth-order valence-electron chi connectivity index (χ4n) is 0.722. The molecule has 0 spiro atoms. The zero-order valence-corrected chi connectivity index (χ0v) is 9.28. The second-order valence-corrected chi connectivity index (χ2v) is 3.45. The lowest BCUT2D eigenvalue weighted by Gasteiger charge is -1.92. The zero-order valence-electron chi connectivity index (χ0n) is 9.28. The Hall–Kier alpha value is -1.31. The van der Waals surface area contributed by atoms with E-state index in [1.165, 1.54) is 13.2 Å². The molecular weight excluding hydrogens is 176 g/mol. The molecule has 0 bridgehead atoms. The number of carbonyl (C=O) groups is 1. The van der Waals surface area contributed by atoms with Gasteiger partial charge in [-0.25, -0.2) is 0 Å². The fourth-order valence-corrected chi connectivity index (χ4v) is 0.722. The number of allylic oxidation sites excluding steroid dienone is 5. The average molecular weight is 194 g/mol. The van der Waals surface area contributed by atoms with E-state index in [0.717, 1.165) is 5.57 Å². The van der Waals surface area contributed by atoms with Gasteiger partial charge in [0.2, 0.25) is 0 Å². The van der Waals surface area contributed by atoms with Crippen molar-refractivity contribution in [1.82, 2.24) is 0 Å². The van der Waals surface area contributed by atoms with Crippen LogP contribution in [0.5, 0.6) is 0 Å². The second-order valence-electron chi connectivity index (χ2n) is 3.45. The third-order valence-electron chi connectivity index (χ3n) is 1.42. The summed E-state index contributed by atoms with van der Waals surface area (Å²) in [7, 11) is 0. The molecule has 0 radical (unpaired) electrons. The number of hydrogen-bond acceptors (Lipinski definition) is 2. The molecule has 0 N–H and O–H groups in total. The molecule has 0 unspecified atom stereocenters. The third-order valence-corrected chi connectivity index (χ3v) is 1.42. The van der Waals surface area contributed by atoms with Crippen molar-refractivity contribution in [1.29, 1.82) is 0 Å². The highest BCUT2D eigenvalue weighted by Gasteiger charge is 1.85. The van der Waals surface area contributed by atoms with Crippen LogP contribution in [0.25, 0.3) is 0 Å². The first kappa shape index (κ1) is 12.7. The second kappa shape index (κ2) is 7.13. The molecule has 0 amide bonds. The predicted octanol–water partition coefficient (Wildman–Crippen LogP) is 3.22. The Bertz CT molecular complexity index is 257. The molecule has 0 aromatic heterocycles. The van der Waals surface area contributed by atoms with Crippen molar-refractivity contribution in [3.63, 3.8) is 0 Å². The topological polar surface area (TPSA) is 26.3 Å². The summed E-state index contributed by atoms with van der Waals surface area (Å²) >= 11 is 0. The van der Waals surface area contributed by atoms with Crippen molar-refractivity contribution in [3.05, 3.63) is 36.1 Å². The Morgan fingerprint density at radius 2 is 1.93 bits per heavy atom. The molecule has 0 fully saturated rings. The lowest BCUT2D eigenvalue weighted by atomic mass is 10.2. The van der Waals surface area contributed by atoms with Crippen molar-refractivity contribution in [2.75, 3.05) is 0 Å². The molecule has 0 aliphatic carbocycles. The third kappa shape index (κ3) is 8.78. The Morgan fingerprint density at radius 3 is 2.43 bits per heavy atom. The molecule has 0 rings (SSSR count). The highest BCUT2D eigenvalue weighted by Crippen LogP contribution is 1.99. The first-order chi connectivity index (χ1) is 6.52. The maximum Gasteiger partial charge on any atom is 0.307 e. The van der Waals surface area contributed by atoms with Crippen LogP contribution in [0.1, 0.15) is 27.7 Å². The van der Waals surface area contributed by atoms with Crippen molar-refractivity contribution in [2.24, 2.45) is 5.92 Å². The van der Waals surface area contributed by atoms with E-state index in [1.54, 1.807) is 6.08 Å².